The highest BCUT2D eigenvalue weighted by atomic mass is 16.8. The maximum absolute atomic E-state index is 12.8. The summed E-state index contributed by atoms with van der Waals surface area (Å²) in [5.41, 5.74) is 3.40. The number of hydrogen-bond acceptors (Lipinski definition) is 7. The number of ether oxygens (including phenoxy) is 3. The Bertz CT molecular complexity index is 934. The average molecular weight is 461 g/mol. The lowest BCUT2D eigenvalue weighted by atomic mass is 9.94. The van der Waals surface area contributed by atoms with Gasteiger partial charge in [-0.2, -0.15) is 0 Å². The Labute approximate surface area is 194 Å². The molecule has 9 nitrogen and oxygen atoms in total. The first-order valence-corrected chi connectivity index (χ1v) is 11.1. The molecule has 3 amide bonds. The molecule has 0 aromatic heterocycles. The molecule has 1 heterocycles. The second-order valence-electron chi connectivity index (χ2n) is 7.54. The van der Waals surface area contributed by atoms with Crippen molar-refractivity contribution < 1.29 is 34.9 Å². The van der Waals surface area contributed by atoms with Crippen molar-refractivity contribution in [3.05, 3.63) is 47.5 Å². The van der Waals surface area contributed by atoms with Gasteiger partial charge in [-0.25, -0.2) is 10.3 Å². The number of carbonyl (C=O) groups excluding carboxylic acids is 3. The van der Waals surface area contributed by atoms with Crippen molar-refractivity contribution in [1.82, 2.24) is 10.4 Å². The molecule has 33 heavy (non-hydrogen) atoms. The van der Waals surface area contributed by atoms with Crippen molar-refractivity contribution in [3.63, 3.8) is 0 Å². The molecule has 9 heteroatoms. The molecule has 1 atom stereocenters. The van der Waals surface area contributed by atoms with Crippen LogP contribution in [0.4, 0.5) is 0 Å². The molecule has 2 aromatic carbocycles. The Balaban J connectivity index is 0.00000408. The predicted molar refractivity (Wildman–Crippen MR) is 123 cm³/mol. The Hall–Kier alpha value is -2.85. The quantitative estimate of drug-likeness (QED) is 0.200. The lowest BCUT2D eigenvalue weighted by molar-refractivity contribution is -0.180. The van der Waals surface area contributed by atoms with Crippen LogP contribution in [-0.2, 0) is 23.8 Å². The van der Waals surface area contributed by atoms with Gasteiger partial charge in [0.15, 0.2) is 6.29 Å². The second-order valence-corrected chi connectivity index (χ2v) is 7.54. The zero-order valence-corrected chi connectivity index (χ0v) is 19.0. The summed E-state index contributed by atoms with van der Waals surface area (Å²) in [5, 5.41) is 1.58. The first-order chi connectivity index (χ1) is 16.1. The van der Waals surface area contributed by atoms with E-state index in [0.29, 0.717) is 22.9 Å². The minimum Gasteiger partial charge on any atom is -0.379 e. The molecule has 0 fully saturated rings. The SMILES string of the molecule is CCCC(OC)ONC(=O)CCOCCOCCN1C(=O)c2cccc3cccc(c23)C1=O.[HH]. The van der Waals surface area contributed by atoms with Crippen LogP contribution in [-0.4, -0.2) is 69.0 Å². The third kappa shape index (κ3) is 6.35. The minimum atomic E-state index is -0.465. The number of rotatable bonds is 14. The van der Waals surface area contributed by atoms with E-state index in [-0.39, 0.29) is 58.5 Å². The number of nitrogens with zero attached hydrogens (tertiary/aromatic N) is 1. The molecule has 3 rings (SSSR count). The number of methoxy groups -OCH3 is 1. The van der Waals surface area contributed by atoms with Crippen LogP contribution in [0.15, 0.2) is 36.4 Å². The van der Waals surface area contributed by atoms with Crippen molar-refractivity contribution in [1.29, 1.82) is 0 Å². The van der Waals surface area contributed by atoms with E-state index in [4.69, 9.17) is 19.0 Å². The van der Waals surface area contributed by atoms with Crippen LogP contribution in [0.5, 0.6) is 0 Å². The third-order valence-corrected chi connectivity index (χ3v) is 5.25. The molecule has 0 aliphatic carbocycles. The first kappa shape index (κ1) is 24.8. The average Bonchev–Trinajstić information content (AvgIpc) is 2.83. The number of hydroxylamine groups is 1. The summed E-state index contributed by atoms with van der Waals surface area (Å²) < 4.78 is 16.0. The molecule has 2 aromatic rings. The predicted octanol–water partition coefficient (Wildman–Crippen LogP) is 2.93. The number of hydrogen-bond donors (Lipinski definition) is 1. The molecule has 1 N–H and O–H groups in total. The van der Waals surface area contributed by atoms with Crippen LogP contribution in [0.3, 0.4) is 0 Å². The summed E-state index contributed by atoms with van der Waals surface area (Å²) in [5.74, 6) is -0.925. The summed E-state index contributed by atoms with van der Waals surface area (Å²) in [4.78, 5) is 43.7. The summed E-state index contributed by atoms with van der Waals surface area (Å²) >= 11 is 0. The van der Waals surface area contributed by atoms with Gasteiger partial charge >= 0.3 is 0 Å². The number of amides is 3. The van der Waals surface area contributed by atoms with Crippen LogP contribution in [0, 0.1) is 0 Å². The van der Waals surface area contributed by atoms with Crippen molar-refractivity contribution in [3.8, 4) is 0 Å². The fourth-order valence-electron chi connectivity index (χ4n) is 3.57. The van der Waals surface area contributed by atoms with E-state index in [9.17, 15) is 14.4 Å². The topological polar surface area (TPSA) is 103 Å². The van der Waals surface area contributed by atoms with E-state index in [0.717, 1.165) is 11.8 Å². The van der Waals surface area contributed by atoms with Crippen LogP contribution >= 0.6 is 0 Å². The number of imide groups is 1. The lowest BCUT2D eigenvalue weighted by Crippen LogP contribution is -2.42. The van der Waals surface area contributed by atoms with E-state index in [1.54, 1.807) is 12.1 Å². The molecule has 0 spiro atoms. The molecule has 0 saturated heterocycles. The summed E-state index contributed by atoms with van der Waals surface area (Å²) in [6.45, 7) is 3.13. The third-order valence-electron chi connectivity index (χ3n) is 5.25. The minimum absolute atomic E-state index is 0. The number of carbonyl (C=O) groups is 3. The highest BCUT2D eigenvalue weighted by molar-refractivity contribution is 6.25. The Morgan fingerprint density at radius 2 is 1.64 bits per heavy atom. The summed E-state index contributed by atoms with van der Waals surface area (Å²) in [6.07, 6.45) is 1.24. The molecule has 1 unspecified atom stereocenters. The van der Waals surface area contributed by atoms with Gasteiger partial charge in [-0.3, -0.25) is 19.3 Å². The zero-order chi connectivity index (χ0) is 23.6. The first-order valence-electron chi connectivity index (χ1n) is 11.1. The number of benzene rings is 2. The van der Waals surface area contributed by atoms with Gasteiger partial charge < -0.3 is 14.2 Å². The number of nitrogens with one attached hydrogen (secondary N) is 1. The van der Waals surface area contributed by atoms with E-state index >= 15 is 0 Å². The molecule has 180 valence electrons. The van der Waals surface area contributed by atoms with Gasteiger partial charge in [-0.1, -0.05) is 37.6 Å². The monoisotopic (exact) mass is 460 g/mol. The lowest BCUT2D eigenvalue weighted by Gasteiger charge is -2.27. The largest absolute Gasteiger partial charge is 0.379 e. The van der Waals surface area contributed by atoms with Gasteiger partial charge in [-0.15, -0.1) is 0 Å². The Morgan fingerprint density at radius 3 is 2.24 bits per heavy atom. The van der Waals surface area contributed by atoms with Crippen LogP contribution < -0.4 is 5.48 Å². The van der Waals surface area contributed by atoms with Gasteiger partial charge in [0, 0.05) is 31.5 Å². The molecule has 1 aliphatic heterocycles. The van der Waals surface area contributed by atoms with Gasteiger partial charge in [0.25, 0.3) is 11.8 Å². The van der Waals surface area contributed by atoms with Crippen molar-refractivity contribution in [2.75, 3.05) is 40.1 Å². The van der Waals surface area contributed by atoms with Crippen LogP contribution in [0.2, 0.25) is 0 Å². The van der Waals surface area contributed by atoms with E-state index in [2.05, 4.69) is 5.48 Å². The highest BCUT2D eigenvalue weighted by Crippen LogP contribution is 2.29. The second kappa shape index (κ2) is 12.4. The molecule has 0 radical (unpaired) electrons. The molecule has 1 aliphatic rings. The highest BCUT2D eigenvalue weighted by Gasteiger charge is 2.32. The zero-order valence-electron chi connectivity index (χ0n) is 19.0. The molecular weight excluding hydrogens is 428 g/mol. The summed E-state index contributed by atoms with van der Waals surface area (Å²) in [7, 11) is 1.52. The standard InChI is InChI=1S/C24H30N2O7.H2/c1-3-6-21(30-2)33-25-20(27)11-13-31-15-16-32-14-12-26-23(28)18-9-4-7-17-8-5-10-19(22(17)18)24(26)29;/h4-5,7-10,21H,3,6,11-16H2,1-2H3,(H,25,27);1H. The maximum Gasteiger partial charge on any atom is 0.261 e. The molecular formula is C24H32N2O7. The van der Waals surface area contributed by atoms with Gasteiger partial charge in [-0.05, 0) is 17.5 Å². The van der Waals surface area contributed by atoms with Gasteiger partial charge in [0.2, 0.25) is 5.91 Å². The van der Waals surface area contributed by atoms with Crippen molar-refractivity contribution in [2.24, 2.45) is 0 Å². The van der Waals surface area contributed by atoms with E-state index < -0.39 is 6.29 Å². The van der Waals surface area contributed by atoms with Crippen LogP contribution in [0.1, 0.15) is 48.3 Å². The normalized spacial score (nSPS) is 14.1. The Morgan fingerprint density at radius 1 is 1.00 bits per heavy atom. The van der Waals surface area contributed by atoms with E-state index in [1.165, 1.54) is 12.0 Å². The Kier molecular flexibility index (Phi) is 9.32. The maximum atomic E-state index is 12.8. The van der Waals surface area contributed by atoms with Crippen molar-refractivity contribution >= 4 is 28.5 Å². The fourth-order valence-corrected chi connectivity index (χ4v) is 3.57. The van der Waals surface area contributed by atoms with Crippen molar-refractivity contribution in [2.45, 2.75) is 32.5 Å². The van der Waals surface area contributed by atoms with Crippen LogP contribution in [0.25, 0.3) is 10.8 Å². The van der Waals surface area contributed by atoms with E-state index in [1.807, 2.05) is 31.2 Å². The van der Waals surface area contributed by atoms with Gasteiger partial charge in [0.05, 0.1) is 39.4 Å². The smallest absolute Gasteiger partial charge is 0.261 e. The molecule has 0 saturated carbocycles. The fraction of sp³-hybridized carbons (Fsp3) is 0.458. The van der Waals surface area contributed by atoms with Gasteiger partial charge in [0.1, 0.15) is 0 Å². The molecule has 0 bridgehead atoms. The summed E-state index contributed by atoms with van der Waals surface area (Å²) in [6, 6.07) is 10.9.